The van der Waals surface area contributed by atoms with Crippen molar-refractivity contribution in [2.75, 3.05) is 0 Å². The fourth-order valence-corrected chi connectivity index (χ4v) is 3.93. The first-order chi connectivity index (χ1) is 12.8. The number of benzene rings is 1. The molecule has 0 aliphatic carbocycles. The second kappa shape index (κ2) is 9.47. The SMILES string of the molecule is CC(C)Cc1c(S[C@@H](CC(=O)OC(C)(C)C)C(=O)O)cccc1C(C)(C)C#N. The van der Waals surface area contributed by atoms with Crippen LogP contribution in [-0.2, 0) is 26.2 Å². The number of rotatable bonds is 8. The summed E-state index contributed by atoms with van der Waals surface area (Å²) < 4.78 is 5.29. The average Bonchev–Trinajstić information content (AvgIpc) is 2.53. The van der Waals surface area contributed by atoms with Crippen molar-refractivity contribution in [1.82, 2.24) is 0 Å². The lowest BCUT2D eigenvalue weighted by molar-refractivity contribution is -0.156. The van der Waals surface area contributed by atoms with Crippen LogP contribution in [0.2, 0.25) is 0 Å². The fraction of sp³-hybridized carbons (Fsp3) is 0.591. The van der Waals surface area contributed by atoms with Crippen molar-refractivity contribution in [3.63, 3.8) is 0 Å². The number of carbonyl (C=O) groups excluding carboxylic acids is 1. The lowest BCUT2D eigenvalue weighted by atomic mass is 9.81. The number of esters is 1. The number of carbonyl (C=O) groups is 2. The molecule has 1 N–H and O–H groups in total. The summed E-state index contributed by atoms with van der Waals surface area (Å²) >= 11 is 1.15. The van der Waals surface area contributed by atoms with Gasteiger partial charge in [-0.1, -0.05) is 26.0 Å². The highest BCUT2D eigenvalue weighted by Gasteiger charge is 2.29. The predicted molar refractivity (Wildman–Crippen MR) is 111 cm³/mol. The summed E-state index contributed by atoms with van der Waals surface area (Å²) in [6, 6.07) is 7.96. The Morgan fingerprint density at radius 2 is 1.82 bits per heavy atom. The molecule has 154 valence electrons. The molecular formula is C22H31NO4S. The molecule has 5 nitrogen and oxygen atoms in total. The Morgan fingerprint density at radius 3 is 2.29 bits per heavy atom. The molecule has 0 heterocycles. The van der Waals surface area contributed by atoms with Crippen LogP contribution in [0.25, 0.3) is 0 Å². The van der Waals surface area contributed by atoms with Gasteiger partial charge in [0.2, 0.25) is 0 Å². The van der Waals surface area contributed by atoms with Crippen molar-refractivity contribution >= 4 is 23.7 Å². The number of aliphatic carboxylic acids is 1. The van der Waals surface area contributed by atoms with Gasteiger partial charge in [-0.3, -0.25) is 9.59 Å². The Kier molecular flexibility index (Phi) is 8.13. The van der Waals surface area contributed by atoms with E-state index in [1.165, 1.54) is 0 Å². The van der Waals surface area contributed by atoms with Gasteiger partial charge in [0.05, 0.1) is 17.9 Å². The Labute approximate surface area is 172 Å². The normalized spacial score (nSPS) is 13.1. The first-order valence-corrected chi connectivity index (χ1v) is 10.3. The summed E-state index contributed by atoms with van der Waals surface area (Å²) in [5.41, 5.74) is 0.522. The van der Waals surface area contributed by atoms with Crippen LogP contribution in [0, 0.1) is 17.2 Å². The highest BCUT2D eigenvalue weighted by molar-refractivity contribution is 8.00. The summed E-state index contributed by atoms with van der Waals surface area (Å²) in [5, 5.41) is 18.3. The van der Waals surface area contributed by atoms with Gasteiger partial charge in [0.25, 0.3) is 0 Å². The summed E-state index contributed by atoms with van der Waals surface area (Å²) in [4.78, 5) is 24.7. The van der Waals surface area contributed by atoms with E-state index in [-0.39, 0.29) is 6.42 Å². The lowest BCUT2D eigenvalue weighted by Crippen LogP contribution is -2.28. The third kappa shape index (κ3) is 7.20. The molecule has 0 amide bonds. The minimum atomic E-state index is -1.06. The molecule has 1 aromatic carbocycles. The van der Waals surface area contributed by atoms with Crippen LogP contribution in [0.3, 0.4) is 0 Å². The van der Waals surface area contributed by atoms with Gasteiger partial charge in [0.15, 0.2) is 0 Å². The van der Waals surface area contributed by atoms with Crippen molar-refractivity contribution in [3.05, 3.63) is 29.3 Å². The number of nitriles is 1. The van der Waals surface area contributed by atoms with E-state index in [2.05, 4.69) is 19.9 Å². The molecule has 0 aromatic heterocycles. The summed E-state index contributed by atoms with van der Waals surface area (Å²) in [5.74, 6) is -1.26. The van der Waals surface area contributed by atoms with E-state index in [0.29, 0.717) is 5.92 Å². The molecule has 0 aliphatic heterocycles. The molecule has 0 bridgehead atoms. The Morgan fingerprint density at radius 1 is 1.21 bits per heavy atom. The van der Waals surface area contributed by atoms with Crippen LogP contribution in [0.1, 0.15) is 66.0 Å². The standard InChI is InChI=1S/C22H31NO4S/c1-14(2)11-15-16(22(6,7)13-23)9-8-10-17(15)28-18(20(25)26)12-19(24)27-21(3,4)5/h8-10,14,18H,11-12H2,1-7H3,(H,25,26)/t18-/m0/s1. The maximum absolute atomic E-state index is 12.2. The largest absolute Gasteiger partial charge is 0.480 e. The quantitative estimate of drug-likeness (QED) is 0.486. The maximum atomic E-state index is 12.2. The van der Waals surface area contributed by atoms with Crippen LogP contribution in [0.15, 0.2) is 23.1 Å². The number of hydrogen-bond donors (Lipinski definition) is 1. The molecule has 0 fully saturated rings. The molecule has 0 radical (unpaired) electrons. The molecule has 0 aliphatic rings. The van der Waals surface area contributed by atoms with Gasteiger partial charge in [-0.25, -0.2) is 0 Å². The van der Waals surface area contributed by atoms with E-state index in [1.54, 1.807) is 20.8 Å². The number of carboxylic acids is 1. The van der Waals surface area contributed by atoms with Gasteiger partial charge in [0.1, 0.15) is 10.9 Å². The first kappa shape index (κ1) is 24.0. The van der Waals surface area contributed by atoms with E-state index in [0.717, 1.165) is 34.2 Å². The molecule has 0 saturated carbocycles. The van der Waals surface area contributed by atoms with Crippen molar-refractivity contribution in [3.8, 4) is 6.07 Å². The zero-order valence-corrected chi connectivity index (χ0v) is 18.6. The zero-order valence-electron chi connectivity index (χ0n) is 17.8. The van der Waals surface area contributed by atoms with E-state index in [9.17, 15) is 20.0 Å². The van der Waals surface area contributed by atoms with E-state index in [4.69, 9.17) is 4.74 Å². The maximum Gasteiger partial charge on any atom is 0.317 e. The third-order valence-electron chi connectivity index (χ3n) is 4.02. The predicted octanol–water partition coefficient (Wildman–Crippen LogP) is 4.96. The molecule has 28 heavy (non-hydrogen) atoms. The fourth-order valence-electron chi connectivity index (χ4n) is 2.81. The van der Waals surface area contributed by atoms with Crippen molar-refractivity contribution < 1.29 is 19.4 Å². The molecule has 0 saturated heterocycles. The molecule has 1 aromatic rings. The van der Waals surface area contributed by atoms with Crippen LogP contribution >= 0.6 is 11.8 Å². The van der Waals surface area contributed by atoms with Gasteiger partial charge in [0, 0.05) is 4.90 Å². The van der Waals surface area contributed by atoms with Crippen molar-refractivity contribution in [2.45, 2.75) is 82.5 Å². The summed E-state index contributed by atoms with van der Waals surface area (Å²) in [6.45, 7) is 13.1. The van der Waals surface area contributed by atoms with E-state index >= 15 is 0 Å². The molecule has 6 heteroatoms. The second-order valence-electron chi connectivity index (χ2n) is 8.85. The Hall–Kier alpha value is -2.00. The smallest absolute Gasteiger partial charge is 0.317 e. The Bertz CT molecular complexity index is 757. The highest BCUT2D eigenvalue weighted by Crippen LogP contribution is 2.37. The summed E-state index contributed by atoms with van der Waals surface area (Å²) in [7, 11) is 0. The summed E-state index contributed by atoms with van der Waals surface area (Å²) in [6.07, 6.45) is 0.507. The van der Waals surface area contributed by atoms with Crippen LogP contribution < -0.4 is 0 Å². The van der Waals surface area contributed by atoms with Crippen LogP contribution in [-0.4, -0.2) is 27.9 Å². The van der Waals surface area contributed by atoms with Crippen molar-refractivity contribution in [2.24, 2.45) is 5.92 Å². The third-order valence-corrected chi connectivity index (χ3v) is 5.30. The number of ether oxygens (including phenoxy) is 1. The second-order valence-corrected chi connectivity index (χ2v) is 10.1. The minimum Gasteiger partial charge on any atom is -0.480 e. The molecule has 1 rings (SSSR count). The minimum absolute atomic E-state index is 0.218. The first-order valence-electron chi connectivity index (χ1n) is 9.41. The van der Waals surface area contributed by atoms with Crippen molar-refractivity contribution in [1.29, 1.82) is 5.26 Å². The van der Waals surface area contributed by atoms with Gasteiger partial charge in [-0.05, 0) is 64.2 Å². The zero-order chi connectivity index (χ0) is 21.7. The molecule has 0 unspecified atom stereocenters. The highest BCUT2D eigenvalue weighted by atomic mass is 32.2. The van der Waals surface area contributed by atoms with Gasteiger partial charge < -0.3 is 9.84 Å². The van der Waals surface area contributed by atoms with Gasteiger partial charge in [-0.2, -0.15) is 5.26 Å². The lowest BCUT2D eigenvalue weighted by Gasteiger charge is -2.25. The topological polar surface area (TPSA) is 87.4 Å². The van der Waals surface area contributed by atoms with Gasteiger partial charge >= 0.3 is 11.9 Å². The number of hydrogen-bond acceptors (Lipinski definition) is 5. The van der Waals surface area contributed by atoms with E-state index in [1.807, 2.05) is 32.0 Å². The molecule has 0 spiro atoms. The number of carboxylic acid groups (broad SMARTS) is 1. The van der Waals surface area contributed by atoms with E-state index < -0.39 is 28.2 Å². The number of nitrogens with zero attached hydrogens (tertiary/aromatic N) is 1. The number of thioether (sulfide) groups is 1. The monoisotopic (exact) mass is 405 g/mol. The average molecular weight is 406 g/mol. The van der Waals surface area contributed by atoms with Crippen LogP contribution in [0.5, 0.6) is 0 Å². The van der Waals surface area contributed by atoms with Gasteiger partial charge in [-0.15, -0.1) is 11.8 Å². The molecule has 1 atom stereocenters. The van der Waals surface area contributed by atoms with Crippen LogP contribution in [0.4, 0.5) is 0 Å². The Balaban J connectivity index is 3.26. The molecular weight excluding hydrogens is 374 g/mol.